The normalized spacial score (nSPS) is 10.9. The van der Waals surface area contributed by atoms with Gasteiger partial charge in [-0.05, 0) is 32.0 Å². The molecule has 0 aliphatic heterocycles. The van der Waals surface area contributed by atoms with Crippen molar-refractivity contribution in [2.75, 3.05) is 14.2 Å². The van der Waals surface area contributed by atoms with Gasteiger partial charge in [0.05, 0.1) is 19.9 Å². The zero-order chi connectivity index (χ0) is 20.3. The van der Waals surface area contributed by atoms with Crippen LogP contribution in [0.3, 0.4) is 0 Å². The molecule has 0 radical (unpaired) electrons. The first-order valence-electron chi connectivity index (χ1n) is 9.02. The lowest BCUT2D eigenvalue weighted by Crippen LogP contribution is -2.32. The van der Waals surface area contributed by atoms with Gasteiger partial charge in [0, 0.05) is 36.3 Å². The molecular formula is C20H24N4O4. The third-order valence-corrected chi connectivity index (χ3v) is 4.64. The van der Waals surface area contributed by atoms with Crippen LogP contribution in [0, 0.1) is 6.92 Å². The lowest BCUT2D eigenvalue weighted by Gasteiger charge is -2.12. The van der Waals surface area contributed by atoms with Crippen LogP contribution in [-0.4, -0.2) is 34.5 Å². The fraction of sp³-hybridized carbons (Fsp3) is 0.350. The van der Waals surface area contributed by atoms with E-state index in [4.69, 9.17) is 9.47 Å². The van der Waals surface area contributed by atoms with Crippen molar-refractivity contribution in [2.24, 2.45) is 0 Å². The molecular weight excluding hydrogens is 360 g/mol. The minimum Gasteiger partial charge on any atom is -0.497 e. The van der Waals surface area contributed by atoms with Crippen molar-refractivity contribution in [3.05, 3.63) is 52.1 Å². The molecule has 2 heterocycles. The molecule has 0 spiro atoms. The summed E-state index contributed by atoms with van der Waals surface area (Å²) in [5.74, 6) is 1.04. The number of ether oxygens (including phenoxy) is 2. The molecule has 28 heavy (non-hydrogen) atoms. The first-order valence-corrected chi connectivity index (χ1v) is 9.02. The number of pyridine rings is 1. The van der Waals surface area contributed by atoms with E-state index in [1.54, 1.807) is 37.2 Å². The van der Waals surface area contributed by atoms with Crippen molar-refractivity contribution >= 4 is 16.8 Å². The molecule has 8 heteroatoms. The standard InChI is InChI=1S/C20H24N4O4/c1-5-24-19-16(13(2)22-24)8-9-23(20(19)26)12-18(25)21-11-14-6-7-15(27-3)10-17(14)28-4/h6-10H,5,11-12H2,1-4H3,(H,21,25). The summed E-state index contributed by atoms with van der Waals surface area (Å²) in [7, 11) is 3.14. The zero-order valence-electron chi connectivity index (χ0n) is 16.5. The largest absolute Gasteiger partial charge is 0.497 e. The number of aromatic nitrogens is 3. The highest BCUT2D eigenvalue weighted by Gasteiger charge is 2.14. The smallest absolute Gasteiger partial charge is 0.277 e. The van der Waals surface area contributed by atoms with Crippen molar-refractivity contribution < 1.29 is 14.3 Å². The Bertz CT molecular complexity index is 1070. The van der Waals surface area contributed by atoms with Gasteiger partial charge < -0.3 is 19.4 Å². The molecule has 0 unspecified atom stereocenters. The van der Waals surface area contributed by atoms with Gasteiger partial charge in [0.2, 0.25) is 5.91 Å². The Morgan fingerprint density at radius 1 is 1.21 bits per heavy atom. The van der Waals surface area contributed by atoms with E-state index in [0.29, 0.717) is 23.6 Å². The fourth-order valence-corrected chi connectivity index (χ4v) is 3.14. The Morgan fingerprint density at radius 2 is 2.00 bits per heavy atom. The van der Waals surface area contributed by atoms with Gasteiger partial charge >= 0.3 is 0 Å². The van der Waals surface area contributed by atoms with E-state index < -0.39 is 0 Å². The zero-order valence-corrected chi connectivity index (χ0v) is 16.5. The topological polar surface area (TPSA) is 87.4 Å². The number of carbonyl (C=O) groups excluding carboxylic acids is 1. The van der Waals surface area contributed by atoms with Crippen molar-refractivity contribution in [3.8, 4) is 11.5 Å². The molecule has 8 nitrogen and oxygen atoms in total. The Kier molecular flexibility index (Phi) is 5.67. The molecule has 0 saturated heterocycles. The summed E-state index contributed by atoms with van der Waals surface area (Å²) in [4.78, 5) is 25.2. The Balaban J connectivity index is 1.75. The number of nitrogens with zero attached hydrogens (tertiary/aromatic N) is 3. The van der Waals surface area contributed by atoms with Crippen LogP contribution < -0.4 is 20.3 Å². The van der Waals surface area contributed by atoms with Crippen LogP contribution in [0.1, 0.15) is 18.2 Å². The summed E-state index contributed by atoms with van der Waals surface area (Å²) < 4.78 is 13.6. The highest BCUT2D eigenvalue weighted by atomic mass is 16.5. The Labute approximate surface area is 162 Å². The fourth-order valence-electron chi connectivity index (χ4n) is 3.14. The van der Waals surface area contributed by atoms with E-state index in [-0.39, 0.29) is 24.6 Å². The van der Waals surface area contributed by atoms with Crippen LogP contribution in [0.2, 0.25) is 0 Å². The van der Waals surface area contributed by atoms with Gasteiger partial charge in [-0.3, -0.25) is 14.3 Å². The Hall–Kier alpha value is -3.29. The molecule has 3 aromatic rings. The quantitative estimate of drug-likeness (QED) is 0.672. The van der Waals surface area contributed by atoms with Crippen LogP contribution in [0.25, 0.3) is 10.9 Å². The average Bonchev–Trinajstić information content (AvgIpc) is 3.04. The van der Waals surface area contributed by atoms with E-state index in [0.717, 1.165) is 16.6 Å². The van der Waals surface area contributed by atoms with Gasteiger partial charge in [-0.25, -0.2) is 0 Å². The summed E-state index contributed by atoms with van der Waals surface area (Å²) in [6.45, 7) is 4.61. The molecule has 3 rings (SSSR count). The lowest BCUT2D eigenvalue weighted by atomic mass is 10.2. The number of nitrogens with one attached hydrogen (secondary N) is 1. The second-order valence-electron chi connectivity index (χ2n) is 6.37. The summed E-state index contributed by atoms with van der Waals surface area (Å²) >= 11 is 0. The van der Waals surface area contributed by atoms with E-state index in [1.165, 1.54) is 4.57 Å². The summed E-state index contributed by atoms with van der Waals surface area (Å²) in [6.07, 6.45) is 1.63. The van der Waals surface area contributed by atoms with Crippen LogP contribution in [0.5, 0.6) is 11.5 Å². The van der Waals surface area contributed by atoms with Gasteiger partial charge in [0.25, 0.3) is 5.56 Å². The predicted molar refractivity (Wildman–Crippen MR) is 106 cm³/mol. The van der Waals surface area contributed by atoms with Crippen molar-refractivity contribution in [1.82, 2.24) is 19.7 Å². The van der Waals surface area contributed by atoms with Gasteiger partial charge in [-0.15, -0.1) is 0 Å². The molecule has 0 aliphatic carbocycles. The first-order chi connectivity index (χ1) is 13.5. The number of aryl methyl sites for hydroxylation is 2. The van der Waals surface area contributed by atoms with E-state index >= 15 is 0 Å². The molecule has 0 bridgehead atoms. The maximum absolute atomic E-state index is 12.8. The number of carbonyl (C=O) groups is 1. The molecule has 0 fully saturated rings. The first kappa shape index (κ1) is 19.5. The second kappa shape index (κ2) is 8.16. The van der Waals surface area contributed by atoms with Crippen molar-refractivity contribution in [1.29, 1.82) is 0 Å². The predicted octanol–water partition coefficient (Wildman–Crippen LogP) is 1.86. The van der Waals surface area contributed by atoms with Crippen molar-refractivity contribution in [2.45, 2.75) is 33.5 Å². The number of hydrogen-bond acceptors (Lipinski definition) is 5. The van der Waals surface area contributed by atoms with Crippen molar-refractivity contribution in [3.63, 3.8) is 0 Å². The highest BCUT2D eigenvalue weighted by molar-refractivity contribution is 5.81. The highest BCUT2D eigenvalue weighted by Crippen LogP contribution is 2.24. The van der Waals surface area contributed by atoms with Gasteiger partial charge in [-0.1, -0.05) is 0 Å². The van der Waals surface area contributed by atoms with E-state index in [9.17, 15) is 9.59 Å². The van der Waals surface area contributed by atoms with Gasteiger partial charge in [0.1, 0.15) is 23.6 Å². The van der Waals surface area contributed by atoms with E-state index in [1.807, 2.05) is 26.0 Å². The number of rotatable bonds is 7. The molecule has 1 N–H and O–H groups in total. The number of hydrogen-bond donors (Lipinski definition) is 1. The second-order valence-corrected chi connectivity index (χ2v) is 6.37. The molecule has 2 aromatic heterocycles. The number of amides is 1. The number of methoxy groups -OCH3 is 2. The van der Waals surface area contributed by atoms with Gasteiger partial charge in [0.15, 0.2) is 0 Å². The van der Waals surface area contributed by atoms with E-state index in [2.05, 4.69) is 10.4 Å². The maximum atomic E-state index is 12.8. The van der Waals surface area contributed by atoms with Gasteiger partial charge in [-0.2, -0.15) is 5.10 Å². The Morgan fingerprint density at radius 3 is 2.68 bits per heavy atom. The number of benzene rings is 1. The molecule has 0 saturated carbocycles. The lowest BCUT2D eigenvalue weighted by molar-refractivity contribution is -0.121. The van der Waals surface area contributed by atoms with Crippen LogP contribution in [0.4, 0.5) is 0 Å². The molecule has 1 amide bonds. The monoisotopic (exact) mass is 384 g/mol. The SMILES string of the molecule is CCn1nc(C)c2ccn(CC(=O)NCc3ccc(OC)cc3OC)c(=O)c21. The average molecular weight is 384 g/mol. The molecule has 148 valence electrons. The third-order valence-electron chi connectivity index (χ3n) is 4.64. The number of fused-ring (bicyclic) bond motifs is 1. The van der Waals surface area contributed by atoms with Crippen LogP contribution in [0.15, 0.2) is 35.3 Å². The molecule has 0 atom stereocenters. The van der Waals surface area contributed by atoms with Crippen LogP contribution in [-0.2, 0) is 24.4 Å². The molecule has 0 aliphatic rings. The van der Waals surface area contributed by atoms with Crippen LogP contribution >= 0.6 is 0 Å². The maximum Gasteiger partial charge on any atom is 0.277 e. The minimum absolute atomic E-state index is 0.0683. The summed E-state index contributed by atoms with van der Waals surface area (Å²) in [5.41, 5.74) is 1.92. The molecule has 1 aromatic carbocycles. The minimum atomic E-state index is -0.265. The third kappa shape index (κ3) is 3.71. The summed E-state index contributed by atoms with van der Waals surface area (Å²) in [5, 5.41) is 8.02. The summed E-state index contributed by atoms with van der Waals surface area (Å²) in [6, 6.07) is 7.22.